The summed E-state index contributed by atoms with van der Waals surface area (Å²) in [5, 5.41) is 4.28. The number of nitrogens with zero attached hydrogens (tertiary/aromatic N) is 1. The lowest BCUT2D eigenvalue weighted by Gasteiger charge is -2.31. The monoisotopic (exact) mass is 349 g/mol. The summed E-state index contributed by atoms with van der Waals surface area (Å²) < 4.78 is 0. The van der Waals surface area contributed by atoms with Gasteiger partial charge in [-0.2, -0.15) is 0 Å². The first kappa shape index (κ1) is 17.7. The lowest BCUT2D eigenvalue weighted by atomic mass is 9.79. The van der Waals surface area contributed by atoms with Gasteiger partial charge in [-0.3, -0.25) is 9.78 Å². The van der Waals surface area contributed by atoms with E-state index in [4.69, 9.17) is 17.3 Å². The number of carbonyl (C=O) groups excluding carboxylic acids is 1. The van der Waals surface area contributed by atoms with Gasteiger partial charge in [0.05, 0.1) is 16.3 Å². The second kappa shape index (κ2) is 7.83. The van der Waals surface area contributed by atoms with Gasteiger partial charge in [0.25, 0.3) is 0 Å². The first-order chi connectivity index (χ1) is 11.6. The quantitative estimate of drug-likeness (QED) is 0.821. The zero-order chi connectivity index (χ0) is 17.0. The van der Waals surface area contributed by atoms with Crippen LogP contribution in [0.1, 0.15) is 69.4 Å². The predicted octanol–water partition coefficient (Wildman–Crippen LogP) is 3.79. The molecule has 1 heterocycles. The van der Waals surface area contributed by atoms with Gasteiger partial charge in [-0.1, -0.05) is 24.4 Å². The van der Waals surface area contributed by atoms with Crippen molar-refractivity contribution in [2.75, 3.05) is 6.54 Å². The molecule has 0 atom stereocenters. The molecule has 24 heavy (non-hydrogen) atoms. The minimum atomic E-state index is -0.432. The third-order valence-corrected chi connectivity index (χ3v) is 6.28. The number of amides is 1. The topological polar surface area (TPSA) is 68.0 Å². The fourth-order valence-corrected chi connectivity index (χ4v) is 4.70. The number of pyridine rings is 1. The van der Waals surface area contributed by atoms with Crippen LogP contribution in [0, 0.1) is 5.92 Å². The Kier molecular flexibility index (Phi) is 5.77. The molecule has 0 radical (unpaired) electrons. The van der Waals surface area contributed by atoms with Crippen LogP contribution < -0.4 is 11.1 Å². The molecule has 1 aromatic heterocycles. The average Bonchev–Trinajstić information content (AvgIpc) is 3.06. The molecule has 2 fully saturated rings. The highest BCUT2D eigenvalue weighted by atomic mass is 35.5. The normalized spacial score (nSPS) is 26.4. The summed E-state index contributed by atoms with van der Waals surface area (Å²) in [6.45, 7) is 0.891. The van der Waals surface area contributed by atoms with Gasteiger partial charge in [0.1, 0.15) is 0 Å². The van der Waals surface area contributed by atoms with Gasteiger partial charge in [-0.25, -0.2) is 0 Å². The van der Waals surface area contributed by atoms with Crippen molar-refractivity contribution in [1.82, 2.24) is 10.3 Å². The Labute approximate surface area is 149 Å². The number of nitrogens with one attached hydrogen (secondary N) is 1. The van der Waals surface area contributed by atoms with Crippen LogP contribution in [-0.2, 0) is 4.79 Å². The van der Waals surface area contributed by atoms with E-state index < -0.39 is 5.54 Å². The number of aromatic nitrogens is 1. The Morgan fingerprint density at radius 1 is 1.29 bits per heavy atom. The van der Waals surface area contributed by atoms with E-state index in [-0.39, 0.29) is 5.91 Å². The highest BCUT2D eigenvalue weighted by Crippen LogP contribution is 2.38. The van der Waals surface area contributed by atoms with E-state index in [9.17, 15) is 4.79 Å². The van der Waals surface area contributed by atoms with Gasteiger partial charge in [0.15, 0.2) is 0 Å². The van der Waals surface area contributed by atoms with Crippen molar-refractivity contribution in [2.45, 2.75) is 69.2 Å². The van der Waals surface area contributed by atoms with E-state index in [1.165, 1.54) is 12.8 Å². The summed E-state index contributed by atoms with van der Waals surface area (Å²) in [5.41, 5.74) is 6.26. The van der Waals surface area contributed by atoms with E-state index in [1.54, 1.807) is 0 Å². The van der Waals surface area contributed by atoms with Gasteiger partial charge in [-0.05, 0) is 69.5 Å². The van der Waals surface area contributed by atoms with E-state index >= 15 is 0 Å². The highest BCUT2D eigenvalue weighted by Gasteiger charge is 2.39. The van der Waals surface area contributed by atoms with Gasteiger partial charge < -0.3 is 11.1 Å². The number of primary amides is 1. The Balaban J connectivity index is 1.44. The molecule has 0 saturated heterocycles. The maximum atomic E-state index is 11.8. The number of nitrogens with two attached hydrogens (primary N) is 1. The number of carbonyl (C=O) groups is 1. The number of rotatable bonds is 6. The summed E-state index contributed by atoms with van der Waals surface area (Å²) in [5.74, 6) is 1.05. The summed E-state index contributed by atoms with van der Waals surface area (Å²) in [4.78, 5) is 16.3. The molecule has 0 spiro atoms. The van der Waals surface area contributed by atoms with Crippen LogP contribution in [-0.4, -0.2) is 23.0 Å². The van der Waals surface area contributed by atoms with Crippen molar-refractivity contribution in [3.05, 3.63) is 29.0 Å². The summed E-state index contributed by atoms with van der Waals surface area (Å²) in [7, 11) is 0. The van der Waals surface area contributed by atoms with E-state index in [0.29, 0.717) is 5.92 Å². The lowest BCUT2D eigenvalue weighted by molar-refractivity contribution is -0.124. The van der Waals surface area contributed by atoms with Crippen LogP contribution >= 0.6 is 11.6 Å². The molecular weight excluding hydrogens is 322 g/mol. The molecule has 1 amide bonds. The van der Waals surface area contributed by atoms with Gasteiger partial charge in [0.2, 0.25) is 5.91 Å². The maximum absolute atomic E-state index is 11.8. The summed E-state index contributed by atoms with van der Waals surface area (Å²) >= 11 is 6.28. The minimum Gasteiger partial charge on any atom is -0.368 e. The molecule has 0 unspecified atom stereocenters. The molecule has 2 aliphatic rings. The predicted molar refractivity (Wildman–Crippen MR) is 97.0 cm³/mol. The van der Waals surface area contributed by atoms with Crippen LogP contribution in [0.5, 0.6) is 0 Å². The molecule has 0 aromatic carbocycles. The molecule has 3 N–H and O–H groups in total. The molecule has 1 aromatic rings. The second-order valence-electron chi connectivity index (χ2n) is 7.46. The minimum absolute atomic E-state index is 0.173. The third kappa shape index (κ3) is 3.92. The molecule has 3 rings (SSSR count). The largest absolute Gasteiger partial charge is 0.368 e. The molecule has 5 heteroatoms. The number of hydrogen-bond donors (Lipinski definition) is 2. The fourth-order valence-electron chi connectivity index (χ4n) is 4.43. The van der Waals surface area contributed by atoms with E-state index in [1.807, 2.05) is 18.3 Å². The lowest BCUT2D eigenvalue weighted by Crippen LogP contribution is -2.53. The first-order valence-corrected chi connectivity index (χ1v) is 9.64. The maximum Gasteiger partial charge on any atom is 0.237 e. The molecular formula is C19H28ClN3O. The van der Waals surface area contributed by atoms with Crippen LogP contribution in [0.25, 0.3) is 0 Å². The fraction of sp³-hybridized carbons (Fsp3) is 0.684. The van der Waals surface area contributed by atoms with Crippen LogP contribution in [0.2, 0.25) is 5.02 Å². The average molecular weight is 350 g/mol. The zero-order valence-electron chi connectivity index (χ0n) is 14.3. The Morgan fingerprint density at radius 2 is 2.00 bits per heavy atom. The van der Waals surface area contributed by atoms with Crippen LogP contribution in [0.15, 0.2) is 18.3 Å². The highest BCUT2D eigenvalue weighted by molar-refractivity contribution is 6.31. The molecule has 132 valence electrons. The van der Waals surface area contributed by atoms with Gasteiger partial charge in [-0.15, -0.1) is 0 Å². The van der Waals surface area contributed by atoms with Crippen molar-refractivity contribution < 1.29 is 4.79 Å². The Bertz CT molecular complexity index is 563. The third-order valence-electron chi connectivity index (χ3n) is 5.97. The molecule has 4 nitrogen and oxygen atoms in total. The SMILES string of the molecule is NC(=O)C1(NCCC2CCC(c3ncccc3Cl)CC2)CCCC1. The Morgan fingerprint density at radius 3 is 2.62 bits per heavy atom. The van der Waals surface area contributed by atoms with Crippen LogP contribution in [0.4, 0.5) is 0 Å². The van der Waals surface area contributed by atoms with Gasteiger partial charge >= 0.3 is 0 Å². The number of hydrogen-bond acceptors (Lipinski definition) is 3. The van der Waals surface area contributed by atoms with Gasteiger partial charge in [0, 0.05) is 12.1 Å². The van der Waals surface area contributed by atoms with Crippen molar-refractivity contribution in [3.8, 4) is 0 Å². The molecule has 0 bridgehead atoms. The number of halogens is 1. The molecule has 2 aliphatic carbocycles. The molecule has 0 aliphatic heterocycles. The first-order valence-electron chi connectivity index (χ1n) is 9.26. The van der Waals surface area contributed by atoms with Crippen molar-refractivity contribution >= 4 is 17.5 Å². The summed E-state index contributed by atoms with van der Waals surface area (Å²) in [6, 6.07) is 3.82. The summed E-state index contributed by atoms with van der Waals surface area (Å²) in [6.07, 6.45) is 11.7. The second-order valence-corrected chi connectivity index (χ2v) is 7.86. The smallest absolute Gasteiger partial charge is 0.237 e. The van der Waals surface area contributed by atoms with Crippen molar-refractivity contribution in [2.24, 2.45) is 11.7 Å². The van der Waals surface area contributed by atoms with Crippen LogP contribution in [0.3, 0.4) is 0 Å². The van der Waals surface area contributed by atoms with E-state index in [0.717, 1.165) is 68.1 Å². The standard InChI is InChI=1S/C19H28ClN3O/c20-16-4-3-12-22-17(16)15-7-5-14(6-8-15)9-13-23-19(18(21)24)10-1-2-11-19/h3-4,12,14-15,23H,1-2,5-11,13H2,(H2,21,24). The Hall–Kier alpha value is -1.13. The van der Waals surface area contributed by atoms with E-state index in [2.05, 4.69) is 10.3 Å². The van der Waals surface area contributed by atoms with Crippen molar-refractivity contribution in [3.63, 3.8) is 0 Å². The molecule has 2 saturated carbocycles. The zero-order valence-corrected chi connectivity index (χ0v) is 15.0. The van der Waals surface area contributed by atoms with Crippen molar-refractivity contribution in [1.29, 1.82) is 0 Å².